The molecule has 0 unspecified atom stereocenters. The third-order valence-corrected chi connectivity index (χ3v) is 2.37. The van der Waals surface area contributed by atoms with Crippen LogP contribution in [0.5, 0.6) is 0 Å². The summed E-state index contributed by atoms with van der Waals surface area (Å²) >= 11 is 3.42. The van der Waals surface area contributed by atoms with Gasteiger partial charge >= 0.3 is 0 Å². The molecule has 1 amide bonds. The van der Waals surface area contributed by atoms with Gasteiger partial charge in [-0.15, -0.1) is 0 Å². The second-order valence-corrected chi connectivity index (χ2v) is 5.79. The van der Waals surface area contributed by atoms with Crippen molar-refractivity contribution in [1.82, 2.24) is 5.32 Å². The van der Waals surface area contributed by atoms with Crippen LogP contribution < -0.4 is 5.32 Å². The molecule has 0 saturated heterocycles. The topological polar surface area (TPSA) is 29.1 Å². The molecule has 0 aromatic heterocycles. The van der Waals surface area contributed by atoms with E-state index in [-0.39, 0.29) is 11.4 Å². The lowest BCUT2D eigenvalue weighted by Gasteiger charge is -2.20. The highest BCUT2D eigenvalue weighted by atomic mass is 79.9. The smallest absolute Gasteiger partial charge is 0.225 e. The van der Waals surface area contributed by atoms with Gasteiger partial charge in [0, 0.05) is 10.0 Å². The third-order valence-electron chi connectivity index (χ3n) is 1.77. The number of hydrogen-bond acceptors (Lipinski definition) is 1. The minimum atomic E-state index is -0.145. The molecule has 0 aliphatic heterocycles. The summed E-state index contributed by atoms with van der Waals surface area (Å²) in [5.41, 5.74) is -0.145. The Kier molecular flexibility index (Phi) is 6.90. The van der Waals surface area contributed by atoms with Gasteiger partial charge in [-0.2, -0.15) is 0 Å². The van der Waals surface area contributed by atoms with Gasteiger partial charge < -0.3 is 5.32 Å². The fourth-order valence-corrected chi connectivity index (χ4v) is 1.63. The Balaban J connectivity index is 3.91. The van der Waals surface area contributed by atoms with Crippen LogP contribution >= 0.6 is 15.9 Å². The molecule has 1 N–H and O–H groups in total. The van der Waals surface area contributed by atoms with Crippen molar-refractivity contribution in [3.05, 3.63) is 10.6 Å². The number of nitrogens with one attached hydrogen (secondary N) is 1. The number of allylic oxidation sites excluding steroid dienone is 1. The molecule has 0 radical (unpaired) electrons. The normalized spacial score (nSPS) is 12.7. The standard InChI is InChI=1S/C12H22BrNO/c1-5-6-7-8-10(13)9-11(15)14-12(2,3)4/h8H,5-7,9H2,1-4H3,(H,14,15)/b10-8+. The number of amides is 1. The first-order valence-corrected chi connectivity index (χ1v) is 6.30. The summed E-state index contributed by atoms with van der Waals surface area (Å²) in [6, 6.07) is 0. The fourth-order valence-electron chi connectivity index (χ4n) is 1.15. The maximum absolute atomic E-state index is 11.5. The van der Waals surface area contributed by atoms with E-state index in [1.54, 1.807) is 0 Å². The van der Waals surface area contributed by atoms with Gasteiger partial charge in [0.1, 0.15) is 0 Å². The molecular weight excluding hydrogens is 254 g/mol. The summed E-state index contributed by atoms with van der Waals surface area (Å²) in [5.74, 6) is 0.0714. The zero-order valence-corrected chi connectivity index (χ0v) is 11.8. The van der Waals surface area contributed by atoms with Gasteiger partial charge in [0.05, 0.1) is 6.42 Å². The van der Waals surface area contributed by atoms with E-state index in [1.165, 1.54) is 12.8 Å². The van der Waals surface area contributed by atoms with E-state index in [2.05, 4.69) is 34.2 Å². The van der Waals surface area contributed by atoms with Gasteiger partial charge in [-0.1, -0.05) is 41.8 Å². The van der Waals surface area contributed by atoms with Crippen molar-refractivity contribution in [3.63, 3.8) is 0 Å². The number of carbonyl (C=O) groups excluding carboxylic acids is 1. The minimum Gasteiger partial charge on any atom is -0.351 e. The van der Waals surface area contributed by atoms with E-state index < -0.39 is 0 Å². The number of halogens is 1. The maximum atomic E-state index is 11.5. The van der Waals surface area contributed by atoms with E-state index in [4.69, 9.17) is 0 Å². The highest BCUT2D eigenvalue weighted by Gasteiger charge is 2.13. The van der Waals surface area contributed by atoms with Crippen LogP contribution in [0.25, 0.3) is 0 Å². The van der Waals surface area contributed by atoms with E-state index in [0.717, 1.165) is 10.9 Å². The van der Waals surface area contributed by atoms with Crippen LogP contribution in [0.15, 0.2) is 10.6 Å². The first-order chi connectivity index (χ1) is 6.85. The van der Waals surface area contributed by atoms with Gasteiger partial charge in [0.15, 0.2) is 0 Å². The number of hydrogen-bond donors (Lipinski definition) is 1. The summed E-state index contributed by atoms with van der Waals surface area (Å²) in [6.45, 7) is 8.12. The molecule has 15 heavy (non-hydrogen) atoms. The summed E-state index contributed by atoms with van der Waals surface area (Å²) in [4.78, 5) is 11.5. The maximum Gasteiger partial charge on any atom is 0.225 e. The third kappa shape index (κ3) is 9.98. The van der Waals surface area contributed by atoms with Gasteiger partial charge in [0.2, 0.25) is 5.91 Å². The lowest BCUT2D eigenvalue weighted by Crippen LogP contribution is -2.40. The minimum absolute atomic E-state index is 0.0714. The molecule has 3 heteroatoms. The van der Waals surface area contributed by atoms with Crippen LogP contribution in [-0.2, 0) is 4.79 Å². The summed E-state index contributed by atoms with van der Waals surface area (Å²) in [5, 5.41) is 2.93. The summed E-state index contributed by atoms with van der Waals surface area (Å²) in [6.07, 6.45) is 5.94. The SMILES string of the molecule is CCCC/C=C(/Br)CC(=O)NC(C)(C)C. The monoisotopic (exact) mass is 275 g/mol. The van der Waals surface area contributed by atoms with Crippen molar-refractivity contribution in [1.29, 1.82) is 0 Å². The van der Waals surface area contributed by atoms with Crippen LogP contribution in [0, 0.1) is 0 Å². The summed E-state index contributed by atoms with van der Waals surface area (Å²) in [7, 11) is 0. The van der Waals surface area contributed by atoms with Crippen molar-refractivity contribution in [2.24, 2.45) is 0 Å². The van der Waals surface area contributed by atoms with Crippen LogP contribution in [0.1, 0.15) is 53.4 Å². The second kappa shape index (κ2) is 7.04. The molecule has 2 nitrogen and oxygen atoms in total. The van der Waals surface area contributed by atoms with E-state index in [0.29, 0.717) is 6.42 Å². The molecule has 0 rings (SSSR count). The molecule has 0 bridgehead atoms. The number of rotatable bonds is 5. The molecule has 0 spiro atoms. The molecule has 0 aromatic rings. The Morgan fingerprint density at radius 2 is 2.00 bits per heavy atom. The Hall–Kier alpha value is -0.310. The Morgan fingerprint density at radius 3 is 2.47 bits per heavy atom. The van der Waals surface area contributed by atoms with Crippen LogP contribution in [0.3, 0.4) is 0 Å². The van der Waals surface area contributed by atoms with Crippen molar-refractivity contribution in [2.45, 2.75) is 58.9 Å². The Labute approximate surface area is 102 Å². The molecule has 0 aromatic carbocycles. The molecular formula is C12H22BrNO. The lowest BCUT2D eigenvalue weighted by molar-refractivity contribution is -0.121. The predicted octanol–water partition coefficient (Wildman–Crippen LogP) is 3.76. The Bertz CT molecular complexity index is 228. The van der Waals surface area contributed by atoms with Crippen molar-refractivity contribution >= 4 is 21.8 Å². The largest absolute Gasteiger partial charge is 0.351 e. The number of unbranched alkanes of at least 4 members (excludes halogenated alkanes) is 2. The molecule has 0 aliphatic rings. The highest BCUT2D eigenvalue weighted by Crippen LogP contribution is 2.13. The van der Waals surface area contributed by atoms with Gasteiger partial charge in [-0.3, -0.25) is 4.79 Å². The molecule has 0 heterocycles. The highest BCUT2D eigenvalue weighted by molar-refractivity contribution is 9.11. The lowest BCUT2D eigenvalue weighted by atomic mass is 10.1. The average Bonchev–Trinajstić information content (AvgIpc) is 2.00. The van der Waals surface area contributed by atoms with E-state index in [1.807, 2.05) is 20.8 Å². The zero-order chi connectivity index (χ0) is 11.9. The predicted molar refractivity (Wildman–Crippen MR) is 69.0 cm³/mol. The Morgan fingerprint density at radius 1 is 1.40 bits per heavy atom. The molecule has 0 aliphatic carbocycles. The van der Waals surface area contributed by atoms with E-state index >= 15 is 0 Å². The van der Waals surface area contributed by atoms with Gasteiger partial charge in [0.25, 0.3) is 0 Å². The molecule has 0 fully saturated rings. The van der Waals surface area contributed by atoms with Gasteiger partial charge in [-0.25, -0.2) is 0 Å². The van der Waals surface area contributed by atoms with Crippen LogP contribution in [-0.4, -0.2) is 11.4 Å². The first-order valence-electron chi connectivity index (χ1n) is 5.50. The quantitative estimate of drug-likeness (QED) is 0.761. The average molecular weight is 276 g/mol. The van der Waals surface area contributed by atoms with Crippen molar-refractivity contribution in [3.8, 4) is 0 Å². The first kappa shape index (κ1) is 14.7. The van der Waals surface area contributed by atoms with Crippen LogP contribution in [0.2, 0.25) is 0 Å². The fraction of sp³-hybridized carbons (Fsp3) is 0.750. The number of carbonyl (C=O) groups is 1. The van der Waals surface area contributed by atoms with Crippen molar-refractivity contribution in [2.75, 3.05) is 0 Å². The molecule has 0 saturated carbocycles. The van der Waals surface area contributed by atoms with Gasteiger partial charge in [-0.05, 0) is 27.2 Å². The summed E-state index contributed by atoms with van der Waals surface area (Å²) < 4.78 is 0.984. The second-order valence-electron chi connectivity index (χ2n) is 4.77. The van der Waals surface area contributed by atoms with Crippen molar-refractivity contribution < 1.29 is 4.79 Å². The zero-order valence-electron chi connectivity index (χ0n) is 10.2. The van der Waals surface area contributed by atoms with E-state index in [9.17, 15) is 4.79 Å². The van der Waals surface area contributed by atoms with Crippen LogP contribution in [0.4, 0.5) is 0 Å². The molecule has 88 valence electrons. The molecule has 0 atom stereocenters.